The molecular formula is C12H18F3NO2S2. The highest BCUT2D eigenvalue weighted by Crippen LogP contribution is 2.41. The Kier molecular flexibility index (Phi) is 4.63. The van der Waals surface area contributed by atoms with Gasteiger partial charge in [0.25, 0.3) is 10.0 Å². The fourth-order valence-corrected chi connectivity index (χ4v) is 4.65. The van der Waals surface area contributed by atoms with Gasteiger partial charge in [0.05, 0.1) is 5.56 Å². The van der Waals surface area contributed by atoms with Crippen LogP contribution in [0.5, 0.6) is 0 Å². The highest BCUT2D eigenvalue weighted by Gasteiger charge is 2.40. The molecule has 1 aromatic rings. The topological polar surface area (TPSA) is 46.2 Å². The van der Waals surface area contributed by atoms with Crippen molar-refractivity contribution >= 4 is 21.4 Å². The lowest BCUT2D eigenvalue weighted by Gasteiger charge is -2.20. The predicted molar refractivity (Wildman–Crippen MR) is 73.5 cm³/mol. The SMILES string of the molecule is CC(C)c1cc(C(F)(F)F)c(S(=O)(=O)NC(C)(C)C)s1. The summed E-state index contributed by atoms with van der Waals surface area (Å²) in [5.74, 6) is -0.167. The highest BCUT2D eigenvalue weighted by atomic mass is 32.2. The average Bonchev–Trinajstić information content (AvgIpc) is 2.56. The molecular weight excluding hydrogens is 311 g/mol. The molecule has 0 amide bonds. The molecule has 0 aliphatic rings. The van der Waals surface area contributed by atoms with Crippen LogP contribution in [-0.2, 0) is 16.2 Å². The summed E-state index contributed by atoms with van der Waals surface area (Å²) in [6.45, 7) is 8.18. The molecule has 0 aliphatic heterocycles. The fourth-order valence-electron chi connectivity index (χ4n) is 1.52. The van der Waals surface area contributed by atoms with E-state index < -0.39 is 31.5 Å². The van der Waals surface area contributed by atoms with Crippen molar-refractivity contribution in [3.8, 4) is 0 Å². The second kappa shape index (κ2) is 5.31. The van der Waals surface area contributed by atoms with Gasteiger partial charge in [-0.2, -0.15) is 13.2 Å². The van der Waals surface area contributed by atoms with Crippen LogP contribution in [0, 0.1) is 0 Å². The van der Waals surface area contributed by atoms with E-state index in [-0.39, 0.29) is 5.92 Å². The minimum atomic E-state index is -4.69. The Morgan fingerprint density at radius 3 is 2.05 bits per heavy atom. The van der Waals surface area contributed by atoms with E-state index in [0.29, 0.717) is 16.2 Å². The summed E-state index contributed by atoms with van der Waals surface area (Å²) >= 11 is 0.672. The Labute approximate surface area is 121 Å². The van der Waals surface area contributed by atoms with Crippen LogP contribution in [0.1, 0.15) is 51.0 Å². The third kappa shape index (κ3) is 4.20. The second-order valence-corrected chi connectivity index (χ2v) is 8.82. The lowest BCUT2D eigenvalue weighted by molar-refractivity contribution is -0.139. The molecule has 1 heterocycles. The molecule has 1 aromatic heterocycles. The molecule has 1 N–H and O–H groups in total. The van der Waals surface area contributed by atoms with E-state index in [1.165, 1.54) is 0 Å². The number of sulfonamides is 1. The first kappa shape index (κ1) is 17.5. The van der Waals surface area contributed by atoms with Gasteiger partial charge in [-0.05, 0) is 32.8 Å². The van der Waals surface area contributed by atoms with Gasteiger partial charge in [-0.15, -0.1) is 11.3 Å². The van der Waals surface area contributed by atoms with Crippen molar-refractivity contribution in [1.29, 1.82) is 0 Å². The van der Waals surface area contributed by atoms with E-state index in [1.54, 1.807) is 34.6 Å². The molecule has 0 aromatic carbocycles. The third-order valence-corrected chi connectivity index (χ3v) is 6.00. The Morgan fingerprint density at radius 2 is 1.70 bits per heavy atom. The summed E-state index contributed by atoms with van der Waals surface area (Å²) in [6.07, 6.45) is -4.69. The smallest absolute Gasteiger partial charge is 0.206 e. The first-order valence-electron chi connectivity index (χ1n) is 5.99. The van der Waals surface area contributed by atoms with Gasteiger partial charge in [0.1, 0.15) is 4.21 Å². The van der Waals surface area contributed by atoms with Crippen molar-refractivity contribution in [2.24, 2.45) is 0 Å². The van der Waals surface area contributed by atoms with E-state index >= 15 is 0 Å². The molecule has 1 rings (SSSR count). The van der Waals surface area contributed by atoms with E-state index in [2.05, 4.69) is 4.72 Å². The molecule has 0 spiro atoms. The van der Waals surface area contributed by atoms with E-state index in [9.17, 15) is 21.6 Å². The van der Waals surface area contributed by atoms with Crippen molar-refractivity contribution in [3.05, 3.63) is 16.5 Å². The number of thiophene rings is 1. The summed E-state index contributed by atoms with van der Waals surface area (Å²) in [5.41, 5.74) is -1.94. The maximum absolute atomic E-state index is 13.0. The summed E-state index contributed by atoms with van der Waals surface area (Å²) < 4.78 is 64.9. The Hall–Kier alpha value is -0.600. The van der Waals surface area contributed by atoms with Gasteiger partial charge in [0.2, 0.25) is 0 Å². The Morgan fingerprint density at radius 1 is 1.20 bits per heavy atom. The molecule has 0 fully saturated rings. The number of halogens is 3. The summed E-state index contributed by atoms with van der Waals surface area (Å²) in [7, 11) is -4.20. The zero-order valence-electron chi connectivity index (χ0n) is 11.9. The number of alkyl halides is 3. The normalized spacial score (nSPS) is 14.1. The molecule has 0 saturated heterocycles. The monoisotopic (exact) mass is 329 g/mol. The van der Waals surface area contributed by atoms with Crippen LogP contribution in [0.2, 0.25) is 0 Å². The van der Waals surface area contributed by atoms with Crippen molar-refractivity contribution in [2.75, 3.05) is 0 Å². The fraction of sp³-hybridized carbons (Fsp3) is 0.667. The maximum Gasteiger partial charge on any atom is 0.418 e. The molecule has 3 nitrogen and oxygen atoms in total. The first-order valence-corrected chi connectivity index (χ1v) is 8.29. The largest absolute Gasteiger partial charge is 0.418 e. The van der Waals surface area contributed by atoms with Crippen LogP contribution in [0.15, 0.2) is 10.3 Å². The van der Waals surface area contributed by atoms with Crippen molar-refractivity contribution in [2.45, 2.75) is 56.5 Å². The van der Waals surface area contributed by atoms with E-state index in [0.717, 1.165) is 6.07 Å². The lowest BCUT2D eigenvalue weighted by Crippen LogP contribution is -2.40. The van der Waals surface area contributed by atoms with Crippen LogP contribution in [0.3, 0.4) is 0 Å². The van der Waals surface area contributed by atoms with Gasteiger partial charge in [-0.1, -0.05) is 13.8 Å². The molecule has 116 valence electrons. The Bertz CT molecular complexity index is 581. The van der Waals surface area contributed by atoms with Crippen molar-refractivity contribution in [1.82, 2.24) is 4.72 Å². The van der Waals surface area contributed by atoms with Crippen LogP contribution >= 0.6 is 11.3 Å². The van der Waals surface area contributed by atoms with Gasteiger partial charge in [0.15, 0.2) is 0 Å². The predicted octanol–water partition coefficient (Wildman–Crippen LogP) is 3.97. The highest BCUT2D eigenvalue weighted by molar-refractivity contribution is 7.91. The van der Waals surface area contributed by atoms with Gasteiger partial charge < -0.3 is 0 Å². The molecule has 8 heteroatoms. The van der Waals surface area contributed by atoms with Gasteiger partial charge in [-0.25, -0.2) is 13.1 Å². The quantitative estimate of drug-likeness (QED) is 0.912. The van der Waals surface area contributed by atoms with Crippen LogP contribution < -0.4 is 4.72 Å². The number of nitrogens with one attached hydrogen (secondary N) is 1. The zero-order chi connectivity index (χ0) is 15.9. The van der Waals surface area contributed by atoms with E-state index in [4.69, 9.17) is 0 Å². The van der Waals surface area contributed by atoms with Crippen LogP contribution in [0.4, 0.5) is 13.2 Å². The zero-order valence-corrected chi connectivity index (χ0v) is 13.6. The molecule has 20 heavy (non-hydrogen) atoms. The molecule has 0 radical (unpaired) electrons. The molecule has 0 unspecified atom stereocenters. The number of rotatable bonds is 3. The third-order valence-electron chi connectivity index (χ3n) is 2.28. The van der Waals surface area contributed by atoms with Crippen LogP contribution in [0.25, 0.3) is 0 Å². The number of hydrogen-bond acceptors (Lipinski definition) is 3. The number of hydrogen-bond donors (Lipinski definition) is 1. The second-order valence-electron chi connectivity index (χ2n) is 5.86. The standard InChI is InChI=1S/C12H18F3NO2S2/c1-7(2)9-6-8(12(13,14)15)10(19-9)20(17,18)16-11(3,4)5/h6-7,16H,1-5H3. The van der Waals surface area contributed by atoms with Crippen LogP contribution in [-0.4, -0.2) is 14.0 Å². The van der Waals surface area contributed by atoms with Gasteiger partial charge in [-0.3, -0.25) is 0 Å². The molecule has 0 aliphatic carbocycles. The molecule has 0 atom stereocenters. The minimum Gasteiger partial charge on any atom is -0.206 e. The molecule has 0 bridgehead atoms. The summed E-state index contributed by atoms with van der Waals surface area (Å²) in [4.78, 5) is 0.395. The average molecular weight is 329 g/mol. The lowest BCUT2D eigenvalue weighted by atomic mass is 10.1. The first-order chi connectivity index (χ1) is 8.74. The van der Waals surface area contributed by atoms with Gasteiger partial charge >= 0.3 is 6.18 Å². The maximum atomic E-state index is 13.0. The van der Waals surface area contributed by atoms with Crippen molar-refractivity contribution in [3.63, 3.8) is 0 Å². The van der Waals surface area contributed by atoms with E-state index in [1.807, 2.05) is 0 Å². The summed E-state index contributed by atoms with van der Waals surface area (Å²) in [5, 5.41) is 0. The summed E-state index contributed by atoms with van der Waals surface area (Å²) in [6, 6.07) is 0.923. The van der Waals surface area contributed by atoms with Crippen molar-refractivity contribution < 1.29 is 21.6 Å². The Balaban J connectivity index is 3.44. The van der Waals surface area contributed by atoms with Gasteiger partial charge in [0, 0.05) is 10.4 Å². The minimum absolute atomic E-state index is 0.167. The molecule has 0 saturated carbocycles.